The SMILES string of the molecule is CCCCC.CCc1cc(OCCOCCOc2cc(CC)c(C(C)(CC)CC)cc2CC)c(CC)cc1C. The molecule has 2 aromatic rings. The predicted molar refractivity (Wildman–Crippen MR) is 170 cm³/mol. The van der Waals surface area contributed by atoms with Crippen LogP contribution in [0.4, 0.5) is 0 Å². The molecule has 0 bridgehead atoms. The molecule has 0 spiro atoms. The van der Waals surface area contributed by atoms with Crippen LogP contribution >= 0.6 is 0 Å². The lowest BCUT2D eigenvalue weighted by molar-refractivity contribution is 0.0759. The van der Waals surface area contributed by atoms with Gasteiger partial charge in [-0.2, -0.15) is 0 Å². The van der Waals surface area contributed by atoms with Crippen LogP contribution in [0.25, 0.3) is 0 Å². The van der Waals surface area contributed by atoms with E-state index in [0.29, 0.717) is 26.4 Å². The Kier molecular flexibility index (Phi) is 17.2. The van der Waals surface area contributed by atoms with Gasteiger partial charge in [0.05, 0.1) is 13.2 Å². The molecule has 0 aliphatic carbocycles. The first-order valence-corrected chi connectivity index (χ1v) is 15.9. The van der Waals surface area contributed by atoms with Gasteiger partial charge < -0.3 is 14.2 Å². The van der Waals surface area contributed by atoms with E-state index >= 15 is 0 Å². The Labute approximate surface area is 242 Å². The van der Waals surface area contributed by atoms with Crippen LogP contribution in [0.5, 0.6) is 11.5 Å². The highest BCUT2D eigenvalue weighted by Crippen LogP contribution is 2.37. The Hall–Kier alpha value is -2.00. The molecule has 39 heavy (non-hydrogen) atoms. The Morgan fingerprint density at radius 1 is 0.564 bits per heavy atom. The van der Waals surface area contributed by atoms with Crippen molar-refractivity contribution in [2.75, 3.05) is 26.4 Å². The van der Waals surface area contributed by atoms with E-state index in [4.69, 9.17) is 14.2 Å². The van der Waals surface area contributed by atoms with Crippen molar-refractivity contribution in [2.24, 2.45) is 0 Å². The molecule has 0 amide bonds. The number of hydrogen-bond donors (Lipinski definition) is 0. The Morgan fingerprint density at radius 3 is 1.44 bits per heavy atom. The summed E-state index contributed by atoms with van der Waals surface area (Å²) in [5, 5.41) is 0. The third-order valence-corrected chi connectivity index (χ3v) is 8.22. The average Bonchev–Trinajstić information content (AvgIpc) is 2.96. The number of unbranched alkanes of at least 4 members (excludes halogenated alkanes) is 2. The fourth-order valence-electron chi connectivity index (χ4n) is 5.02. The topological polar surface area (TPSA) is 27.7 Å². The second-order valence-electron chi connectivity index (χ2n) is 10.8. The molecular weight excluding hydrogens is 480 g/mol. The van der Waals surface area contributed by atoms with Crippen molar-refractivity contribution in [3.8, 4) is 11.5 Å². The normalized spacial score (nSPS) is 11.2. The number of hydrogen-bond acceptors (Lipinski definition) is 3. The van der Waals surface area contributed by atoms with Crippen molar-refractivity contribution in [3.63, 3.8) is 0 Å². The number of rotatable bonds is 17. The molecule has 0 aliphatic rings. The van der Waals surface area contributed by atoms with Gasteiger partial charge >= 0.3 is 0 Å². The molecular formula is C36H60O3. The standard InChI is InChI=1S/C31H48O3.C5H12/c1-9-24-21-29(26(11-3)19-23(24)7)33-17-15-32-16-18-34-30-22-25(10-2)28(20-27(30)12-4)31(8,13-5)14-6;1-3-5-4-2/h19-22H,9-18H2,1-8H3;3-5H2,1-2H3. The van der Waals surface area contributed by atoms with Crippen LogP contribution in [-0.2, 0) is 35.8 Å². The maximum atomic E-state index is 6.18. The van der Waals surface area contributed by atoms with E-state index in [1.807, 2.05) is 0 Å². The molecule has 3 nitrogen and oxygen atoms in total. The van der Waals surface area contributed by atoms with Gasteiger partial charge in [-0.3, -0.25) is 0 Å². The van der Waals surface area contributed by atoms with Gasteiger partial charge in [0, 0.05) is 0 Å². The molecule has 2 aromatic carbocycles. The summed E-state index contributed by atoms with van der Waals surface area (Å²) in [4.78, 5) is 0. The molecule has 0 atom stereocenters. The lowest BCUT2D eigenvalue weighted by Crippen LogP contribution is -2.22. The van der Waals surface area contributed by atoms with E-state index < -0.39 is 0 Å². The fourth-order valence-corrected chi connectivity index (χ4v) is 5.02. The third-order valence-electron chi connectivity index (χ3n) is 8.22. The van der Waals surface area contributed by atoms with Crippen molar-refractivity contribution in [1.82, 2.24) is 0 Å². The number of ether oxygens (including phenoxy) is 3. The maximum Gasteiger partial charge on any atom is 0.122 e. The van der Waals surface area contributed by atoms with E-state index in [-0.39, 0.29) is 5.41 Å². The Morgan fingerprint density at radius 2 is 1.03 bits per heavy atom. The van der Waals surface area contributed by atoms with Gasteiger partial charge in [-0.25, -0.2) is 0 Å². The van der Waals surface area contributed by atoms with Crippen LogP contribution in [0.3, 0.4) is 0 Å². The first kappa shape index (κ1) is 35.0. The lowest BCUT2D eigenvalue weighted by Gasteiger charge is -2.31. The zero-order valence-corrected chi connectivity index (χ0v) is 27.2. The van der Waals surface area contributed by atoms with Crippen molar-refractivity contribution in [3.05, 3.63) is 57.6 Å². The van der Waals surface area contributed by atoms with Gasteiger partial charge in [0.1, 0.15) is 24.7 Å². The molecule has 222 valence electrons. The summed E-state index contributed by atoms with van der Waals surface area (Å²) in [6.07, 6.45) is 10.4. The molecule has 0 aromatic heterocycles. The van der Waals surface area contributed by atoms with Crippen molar-refractivity contribution in [1.29, 1.82) is 0 Å². The lowest BCUT2D eigenvalue weighted by atomic mass is 9.74. The van der Waals surface area contributed by atoms with Crippen molar-refractivity contribution >= 4 is 0 Å². The van der Waals surface area contributed by atoms with E-state index in [1.54, 1.807) is 0 Å². The summed E-state index contributed by atoms with van der Waals surface area (Å²) < 4.78 is 18.1. The summed E-state index contributed by atoms with van der Waals surface area (Å²) in [5.74, 6) is 2.01. The van der Waals surface area contributed by atoms with Gasteiger partial charge in [0.15, 0.2) is 0 Å². The first-order valence-electron chi connectivity index (χ1n) is 15.9. The van der Waals surface area contributed by atoms with Gasteiger partial charge in [-0.15, -0.1) is 0 Å². The zero-order chi connectivity index (χ0) is 29.3. The molecule has 2 rings (SSSR count). The molecule has 0 aliphatic heterocycles. The van der Waals surface area contributed by atoms with Gasteiger partial charge in [0.2, 0.25) is 0 Å². The molecule has 0 saturated carbocycles. The minimum atomic E-state index is 0.226. The van der Waals surface area contributed by atoms with Crippen LogP contribution in [0.1, 0.15) is 128 Å². The molecule has 0 radical (unpaired) electrons. The summed E-state index contributed by atoms with van der Waals surface area (Å²) in [6, 6.07) is 9.12. The third kappa shape index (κ3) is 10.8. The van der Waals surface area contributed by atoms with Crippen LogP contribution in [0.15, 0.2) is 24.3 Å². The quantitative estimate of drug-likeness (QED) is 0.187. The van der Waals surface area contributed by atoms with Gasteiger partial charge in [-0.05, 0) is 96.4 Å². The highest BCUT2D eigenvalue weighted by Gasteiger charge is 2.26. The second-order valence-corrected chi connectivity index (χ2v) is 10.8. The summed E-state index contributed by atoms with van der Waals surface area (Å²) >= 11 is 0. The summed E-state index contributed by atoms with van der Waals surface area (Å²) in [7, 11) is 0. The molecule has 0 saturated heterocycles. The highest BCUT2D eigenvalue weighted by atomic mass is 16.5. The predicted octanol–water partition coefficient (Wildman–Crippen LogP) is 9.99. The van der Waals surface area contributed by atoms with E-state index in [1.165, 1.54) is 52.6 Å². The monoisotopic (exact) mass is 540 g/mol. The largest absolute Gasteiger partial charge is 0.491 e. The summed E-state index contributed by atoms with van der Waals surface area (Å²) in [6.45, 7) is 24.6. The van der Waals surface area contributed by atoms with Gasteiger partial charge in [-0.1, -0.05) is 93.7 Å². The Bertz CT molecular complexity index is 941. The van der Waals surface area contributed by atoms with E-state index in [9.17, 15) is 0 Å². The molecule has 0 unspecified atom stereocenters. The minimum Gasteiger partial charge on any atom is -0.491 e. The van der Waals surface area contributed by atoms with Gasteiger partial charge in [0.25, 0.3) is 0 Å². The van der Waals surface area contributed by atoms with Crippen LogP contribution < -0.4 is 9.47 Å². The smallest absolute Gasteiger partial charge is 0.122 e. The minimum absolute atomic E-state index is 0.226. The van der Waals surface area contributed by atoms with Crippen molar-refractivity contribution < 1.29 is 14.2 Å². The average molecular weight is 541 g/mol. The van der Waals surface area contributed by atoms with Crippen LogP contribution in [-0.4, -0.2) is 26.4 Å². The van der Waals surface area contributed by atoms with E-state index in [0.717, 1.165) is 50.0 Å². The second kappa shape index (κ2) is 19.1. The number of aryl methyl sites for hydroxylation is 5. The molecule has 3 heteroatoms. The van der Waals surface area contributed by atoms with Crippen LogP contribution in [0, 0.1) is 6.92 Å². The van der Waals surface area contributed by atoms with E-state index in [2.05, 4.69) is 93.5 Å². The zero-order valence-electron chi connectivity index (χ0n) is 27.2. The molecule has 0 heterocycles. The Balaban J connectivity index is 0.00000139. The highest BCUT2D eigenvalue weighted by molar-refractivity contribution is 5.46. The number of benzene rings is 2. The van der Waals surface area contributed by atoms with Crippen LogP contribution in [0.2, 0.25) is 0 Å². The summed E-state index contributed by atoms with van der Waals surface area (Å²) in [5.41, 5.74) is 8.38. The first-order chi connectivity index (χ1) is 18.8. The fraction of sp³-hybridized carbons (Fsp3) is 0.667. The van der Waals surface area contributed by atoms with Crippen molar-refractivity contribution in [2.45, 2.75) is 132 Å². The molecule has 0 fully saturated rings. The molecule has 0 N–H and O–H groups in total. The maximum absolute atomic E-state index is 6.18.